The lowest BCUT2D eigenvalue weighted by Crippen LogP contribution is -2.44. The van der Waals surface area contributed by atoms with Crippen molar-refractivity contribution < 1.29 is 14.6 Å². The number of carboxylic acid groups (broad SMARTS) is 1. The van der Waals surface area contributed by atoms with Crippen LogP contribution in [-0.2, 0) is 17.8 Å². The highest BCUT2D eigenvalue weighted by atomic mass is 16.5. The largest absolute Gasteiger partial charge is 0.493 e. The number of carbonyl (C=O) groups is 1. The van der Waals surface area contributed by atoms with E-state index in [-0.39, 0.29) is 5.92 Å². The quantitative estimate of drug-likeness (QED) is 0.899. The number of ether oxygens (including phenoxy) is 1. The minimum atomic E-state index is -0.653. The van der Waals surface area contributed by atoms with Crippen LogP contribution in [0.4, 0.5) is 0 Å². The molecule has 102 valence electrons. The van der Waals surface area contributed by atoms with Crippen LogP contribution in [0.5, 0.6) is 5.75 Å². The molecule has 4 nitrogen and oxygen atoms in total. The third-order valence-corrected chi connectivity index (χ3v) is 4.27. The minimum absolute atomic E-state index is 0.138. The molecule has 1 saturated carbocycles. The van der Waals surface area contributed by atoms with E-state index in [2.05, 4.69) is 24.1 Å². The van der Waals surface area contributed by atoms with E-state index in [1.807, 2.05) is 6.07 Å². The van der Waals surface area contributed by atoms with Gasteiger partial charge >= 0.3 is 5.97 Å². The highest BCUT2D eigenvalue weighted by Gasteiger charge is 2.36. The maximum absolute atomic E-state index is 10.8. The van der Waals surface area contributed by atoms with E-state index in [9.17, 15) is 4.79 Å². The second-order valence-corrected chi connectivity index (χ2v) is 5.62. The Bertz CT molecular complexity index is 494. The van der Waals surface area contributed by atoms with Crippen molar-refractivity contribution in [3.63, 3.8) is 0 Å². The minimum Gasteiger partial charge on any atom is -0.493 e. The molecule has 0 aromatic heterocycles. The molecule has 1 fully saturated rings. The number of fused-ring (bicyclic) bond motifs is 1. The number of hydrogen-bond acceptors (Lipinski definition) is 3. The molecule has 2 aliphatic rings. The lowest BCUT2D eigenvalue weighted by atomic mass is 9.79. The molecule has 1 aliphatic heterocycles. The summed E-state index contributed by atoms with van der Waals surface area (Å²) in [5, 5.41) is 8.90. The number of hydrogen-bond donors (Lipinski definition) is 1. The van der Waals surface area contributed by atoms with E-state index in [0.717, 1.165) is 38.2 Å². The average Bonchev–Trinajstić information content (AvgIpc) is 2.73. The van der Waals surface area contributed by atoms with Crippen molar-refractivity contribution in [2.24, 2.45) is 5.92 Å². The van der Waals surface area contributed by atoms with Gasteiger partial charge in [-0.25, -0.2) is 0 Å². The first kappa shape index (κ1) is 12.5. The highest BCUT2D eigenvalue weighted by Crippen LogP contribution is 2.32. The van der Waals surface area contributed by atoms with Gasteiger partial charge in [-0.1, -0.05) is 12.1 Å². The predicted molar refractivity (Wildman–Crippen MR) is 71.3 cm³/mol. The van der Waals surface area contributed by atoms with Gasteiger partial charge in [0.25, 0.3) is 0 Å². The molecule has 19 heavy (non-hydrogen) atoms. The Morgan fingerprint density at radius 3 is 3.00 bits per heavy atom. The summed E-state index contributed by atoms with van der Waals surface area (Å²) < 4.78 is 5.50. The van der Waals surface area contributed by atoms with Gasteiger partial charge in [0.15, 0.2) is 0 Å². The molecule has 3 rings (SSSR count). The molecule has 1 N–H and O–H groups in total. The number of aliphatic carboxylic acids is 1. The van der Waals surface area contributed by atoms with Gasteiger partial charge in [0, 0.05) is 19.0 Å². The van der Waals surface area contributed by atoms with Crippen molar-refractivity contribution in [2.75, 3.05) is 13.7 Å². The van der Waals surface area contributed by atoms with Crippen LogP contribution in [0.3, 0.4) is 0 Å². The molecule has 0 atom stereocenters. The van der Waals surface area contributed by atoms with Crippen LogP contribution in [0.1, 0.15) is 24.0 Å². The lowest BCUT2D eigenvalue weighted by Gasteiger charge is -2.39. The Labute approximate surface area is 113 Å². The van der Waals surface area contributed by atoms with Crippen LogP contribution in [0.25, 0.3) is 0 Å². The fourth-order valence-electron chi connectivity index (χ4n) is 2.90. The number of nitrogens with zero attached hydrogens (tertiary/aromatic N) is 1. The zero-order valence-corrected chi connectivity index (χ0v) is 11.1. The van der Waals surface area contributed by atoms with Crippen LogP contribution < -0.4 is 4.74 Å². The highest BCUT2D eigenvalue weighted by molar-refractivity contribution is 5.71. The molecular weight excluding hydrogens is 242 g/mol. The van der Waals surface area contributed by atoms with Gasteiger partial charge in [-0.2, -0.15) is 0 Å². The number of rotatable bonds is 4. The maximum atomic E-state index is 10.8. The fourth-order valence-corrected chi connectivity index (χ4v) is 2.90. The molecular formula is C15H19NO3. The number of benzene rings is 1. The molecule has 0 amide bonds. The van der Waals surface area contributed by atoms with Crippen LogP contribution >= 0.6 is 0 Å². The topological polar surface area (TPSA) is 49.8 Å². The Morgan fingerprint density at radius 2 is 2.26 bits per heavy atom. The van der Waals surface area contributed by atoms with Gasteiger partial charge in [-0.05, 0) is 37.1 Å². The van der Waals surface area contributed by atoms with Crippen LogP contribution in [0.2, 0.25) is 0 Å². The van der Waals surface area contributed by atoms with E-state index in [4.69, 9.17) is 9.84 Å². The van der Waals surface area contributed by atoms with Crippen LogP contribution in [0.15, 0.2) is 18.2 Å². The summed E-state index contributed by atoms with van der Waals surface area (Å²) in [7, 11) is 2.08. The molecule has 1 aliphatic carbocycles. The Kier molecular flexibility index (Phi) is 3.19. The van der Waals surface area contributed by atoms with Gasteiger partial charge < -0.3 is 9.84 Å². The average molecular weight is 261 g/mol. The van der Waals surface area contributed by atoms with Crippen molar-refractivity contribution in [1.82, 2.24) is 4.90 Å². The van der Waals surface area contributed by atoms with Crippen molar-refractivity contribution in [3.05, 3.63) is 29.3 Å². The molecule has 0 saturated heterocycles. The molecule has 1 aromatic carbocycles. The molecule has 0 unspecified atom stereocenters. The van der Waals surface area contributed by atoms with Crippen LogP contribution in [0, 0.1) is 5.92 Å². The van der Waals surface area contributed by atoms with E-state index < -0.39 is 5.97 Å². The van der Waals surface area contributed by atoms with Crippen molar-refractivity contribution in [3.8, 4) is 5.75 Å². The first-order valence-electron chi connectivity index (χ1n) is 6.81. The Balaban J connectivity index is 1.58. The Morgan fingerprint density at radius 1 is 1.47 bits per heavy atom. The smallest absolute Gasteiger partial charge is 0.306 e. The predicted octanol–water partition coefficient (Wildman–Crippen LogP) is 1.92. The molecule has 4 heteroatoms. The van der Waals surface area contributed by atoms with Gasteiger partial charge in [0.05, 0.1) is 12.5 Å². The first-order chi connectivity index (χ1) is 9.13. The van der Waals surface area contributed by atoms with E-state index >= 15 is 0 Å². The zero-order chi connectivity index (χ0) is 13.4. The summed E-state index contributed by atoms with van der Waals surface area (Å²) in [5.41, 5.74) is 2.58. The fraction of sp³-hybridized carbons (Fsp3) is 0.533. The van der Waals surface area contributed by atoms with Crippen LogP contribution in [-0.4, -0.2) is 35.7 Å². The molecule has 0 radical (unpaired) electrons. The lowest BCUT2D eigenvalue weighted by molar-refractivity contribution is -0.146. The second-order valence-electron chi connectivity index (χ2n) is 5.62. The first-order valence-corrected chi connectivity index (χ1v) is 6.81. The molecule has 1 aromatic rings. The summed E-state index contributed by atoms with van der Waals surface area (Å²) in [6, 6.07) is 6.78. The summed E-state index contributed by atoms with van der Waals surface area (Å²) in [4.78, 5) is 13.1. The third-order valence-electron chi connectivity index (χ3n) is 4.27. The van der Waals surface area contributed by atoms with Gasteiger partial charge in [-0.15, -0.1) is 0 Å². The molecule has 0 spiro atoms. The van der Waals surface area contributed by atoms with E-state index in [0.29, 0.717) is 6.04 Å². The van der Waals surface area contributed by atoms with Crippen molar-refractivity contribution >= 4 is 5.97 Å². The van der Waals surface area contributed by atoms with Crippen molar-refractivity contribution in [2.45, 2.75) is 31.8 Å². The summed E-state index contributed by atoms with van der Waals surface area (Å²) in [6.07, 6.45) is 2.55. The van der Waals surface area contributed by atoms with E-state index in [1.54, 1.807) is 0 Å². The standard InChI is InChI=1S/C15H19NO3/c1-16(13-7-12(8-13)15(17)18)9-10-2-3-14-11(6-10)4-5-19-14/h2-3,6,12-13H,4-5,7-9H2,1H3,(H,17,18). The summed E-state index contributed by atoms with van der Waals surface area (Å²) in [6.45, 7) is 1.67. The summed E-state index contributed by atoms with van der Waals surface area (Å²) in [5.74, 6) is 0.223. The Hall–Kier alpha value is -1.55. The third kappa shape index (κ3) is 2.45. The SMILES string of the molecule is CN(Cc1ccc2c(c1)CCO2)C1CC(C(=O)O)C1. The second kappa shape index (κ2) is 4.85. The van der Waals surface area contributed by atoms with Gasteiger partial charge in [-0.3, -0.25) is 9.69 Å². The maximum Gasteiger partial charge on any atom is 0.306 e. The van der Waals surface area contributed by atoms with Crippen molar-refractivity contribution in [1.29, 1.82) is 0 Å². The molecule has 1 heterocycles. The monoisotopic (exact) mass is 261 g/mol. The van der Waals surface area contributed by atoms with Gasteiger partial charge in [0.1, 0.15) is 5.75 Å². The zero-order valence-electron chi connectivity index (χ0n) is 11.1. The van der Waals surface area contributed by atoms with Gasteiger partial charge in [0.2, 0.25) is 0 Å². The number of carboxylic acids is 1. The molecule has 0 bridgehead atoms. The normalized spacial score (nSPS) is 24.7. The van der Waals surface area contributed by atoms with E-state index in [1.165, 1.54) is 11.1 Å². The summed E-state index contributed by atoms with van der Waals surface area (Å²) >= 11 is 0.